The Balaban J connectivity index is 5.89. The summed E-state index contributed by atoms with van der Waals surface area (Å²) in [6.45, 7) is 24.4. The predicted octanol–water partition coefficient (Wildman–Crippen LogP) is 5.66. The predicted molar refractivity (Wildman–Crippen MR) is 121 cm³/mol. The summed E-state index contributed by atoms with van der Waals surface area (Å²) in [6, 6.07) is 0. The molecule has 29 heavy (non-hydrogen) atoms. The van der Waals surface area contributed by atoms with Crippen molar-refractivity contribution in [2.45, 2.75) is 116 Å². The van der Waals surface area contributed by atoms with E-state index in [0.29, 0.717) is 12.8 Å². The van der Waals surface area contributed by atoms with E-state index >= 15 is 0 Å². The van der Waals surface area contributed by atoms with Gasteiger partial charge >= 0.3 is 0 Å². The number of rotatable bonds is 16. The van der Waals surface area contributed by atoms with Crippen LogP contribution < -0.4 is 0 Å². The minimum Gasteiger partial charge on any atom is -0.369 e. The summed E-state index contributed by atoms with van der Waals surface area (Å²) in [5, 5.41) is 0. The lowest BCUT2D eigenvalue weighted by Crippen LogP contribution is -2.54. The van der Waals surface area contributed by atoms with Gasteiger partial charge in [0.2, 0.25) is 12.8 Å². The number of hydrogen-bond acceptors (Lipinski definition) is 3. The van der Waals surface area contributed by atoms with E-state index in [2.05, 4.69) is 68.5 Å². The molecule has 0 saturated carbocycles. The van der Waals surface area contributed by atoms with Crippen molar-refractivity contribution in [3.8, 4) is 0 Å². The van der Waals surface area contributed by atoms with Gasteiger partial charge in [0.25, 0.3) is 0 Å². The molecule has 0 heterocycles. The van der Waals surface area contributed by atoms with Gasteiger partial charge in [0.15, 0.2) is 0 Å². The molecular formula is C24H44N2O3. The van der Waals surface area contributed by atoms with Gasteiger partial charge in [-0.1, -0.05) is 40.9 Å². The van der Waals surface area contributed by atoms with Gasteiger partial charge in [0.05, 0.1) is 11.2 Å². The fourth-order valence-electron chi connectivity index (χ4n) is 4.25. The minimum atomic E-state index is -0.436. The van der Waals surface area contributed by atoms with Crippen LogP contribution >= 0.6 is 0 Å². The van der Waals surface area contributed by atoms with E-state index in [0.717, 1.165) is 38.5 Å². The van der Waals surface area contributed by atoms with Crippen LogP contribution in [-0.4, -0.2) is 44.9 Å². The monoisotopic (exact) mass is 408 g/mol. The summed E-state index contributed by atoms with van der Waals surface area (Å²) in [5.74, 6) is 0. The van der Waals surface area contributed by atoms with Crippen molar-refractivity contribution in [1.29, 1.82) is 0 Å². The van der Waals surface area contributed by atoms with E-state index in [9.17, 15) is 9.59 Å². The molecule has 0 aromatic rings. The van der Waals surface area contributed by atoms with Gasteiger partial charge in [-0.25, -0.2) is 0 Å². The van der Waals surface area contributed by atoms with Gasteiger partial charge in [0, 0.05) is 11.1 Å². The Morgan fingerprint density at radius 1 is 0.690 bits per heavy atom. The topological polar surface area (TPSA) is 49.9 Å². The molecule has 0 bridgehead atoms. The van der Waals surface area contributed by atoms with Crippen LogP contribution in [0.15, 0.2) is 25.6 Å². The van der Waals surface area contributed by atoms with Crippen LogP contribution in [0.2, 0.25) is 0 Å². The van der Waals surface area contributed by atoms with Crippen molar-refractivity contribution in [3.63, 3.8) is 0 Å². The quantitative estimate of drug-likeness (QED) is 0.310. The molecule has 2 amide bonds. The first-order valence-electron chi connectivity index (χ1n) is 10.8. The fraction of sp³-hybridized carbons (Fsp3) is 0.750. The van der Waals surface area contributed by atoms with Gasteiger partial charge in [-0.3, -0.25) is 9.59 Å². The molecule has 0 radical (unpaired) electrons. The smallest absolute Gasteiger partial charge is 0.214 e. The zero-order chi connectivity index (χ0) is 22.9. The van der Waals surface area contributed by atoms with E-state index < -0.39 is 11.2 Å². The summed E-state index contributed by atoms with van der Waals surface area (Å²) >= 11 is 0. The normalized spacial score (nSPS) is 19.6. The van der Waals surface area contributed by atoms with Crippen molar-refractivity contribution in [2.75, 3.05) is 0 Å². The van der Waals surface area contributed by atoms with Crippen molar-refractivity contribution >= 4 is 12.8 Å². The van der Waals surface area contributed by atoms with Gasteiger partial charge in [-0.2, -0.15) is 0 Å². The first-order valence-corrected chi connectivity index (χ1v) is 10.8. The van der Waals surface area contributed by atoms with E-state index in [1.165, 1.54) is 0 Å². The zero-order valence-corrected chi connectivity index (χ0v) is 20.1. The first-order chi connectivity index (χ1) is 13.4. The number of amides is 2. The Hall–Kier alpha value is -1.62. The maximum Gasteiger partial charge on any atom is 0.214 e. The van der Waals surface area contributed by atoms with E-state index in [-0.39, 0.29) is 11.1 Å². The molecule has 5 heteroatoms. The molecule has 0 fully saturated rings. The lowest BCUT2D eigenvalue weighted by atomic mass is 9.79. The molecular weight excluding hydrogens is 364 g/mol. The molecule has 0 aliphatic carbocycles. The van der Waals surface area contributed by atoms with E-state index in [1.807, 2.05) is 0 Å². The Kier molecular flexibility index (Phi) is 10.3. The number of carbonyl (C=O) groups is 2. The second-order valence-electron chi connectivity index (χ2n) is 9.15. The van der Waals surface area contributed by atoms with Crippen LogP contribution in [0.3, 0.4) is 0 Å². The van der Waals surface area contributed by atoms with Gasteiger partial charge in [0.1, 0.15) is 0 Å². The Morgan fingerprint density at radius 3 is 1.17 bits per heavy atom. The second-order valence-corrected chi connectivity index (χ2v) is 9.15. The third-order valence-electron chi connectivity index (χ3n) is 6.89. The van der Waals surface area contributed by atoms with Crippen molar-refractivity contribution < 1.29 is 14.3 Å². The molecule has 4 atom stereocenters. The summed E-state index contributed by atoms with van der Waals surface area (Å²) in [5.41, 5.74) is -1.64. The Morgan fingerprint density at radius 2 is 1.00 bits per heavy atom. The van der Waals surface area contributed by atoms with E-state index in [4.69, 9.17) is 4.74 Å². The summed E-state index contributed by atoms with van der Waals surface area (Å²) in [6.07, 6.45) is 9.44. The molecule has 0 aromatic heterocycles. The van der Waals surface area contributed by atoms with Crippen molar-refractivity contribution in [1.82, 2.24) is 9.80 Å². The van der Waals surface area contributed by atoms with Crippen LogP contribution in [-0.2, 0) is 14.3 Å². The summed E-state index contributed by atoms with van der Waals surface area (Å²) in [7, 11) is 0. The van der Waals surface area contributed by atoms with Crippen molar-refractivity contribution in [3.05, 3.63) is 25.6 Å². The third-order valence-corrected chi connectivity index (χ3v) is 6.89. The Labute approximate surface area is 179 Å². The molecule has 0 aromatic carbocycles. The summed E-state index contributed by atoms with van der Waals surface area (Å²) in [4.78, 5) is 26.5. The molecule has 0 spiro atoms. The number of carbonyl (C=O) groups excluding carboxylic acids is 2. The van der Waals surface area contributed by atoms with Crippen LogP contribution in [0.1, 0.15) is 93.9 Å². The molecule has 0 N–H and O–H groups in total. The largest absolute Gasteiger partial charge is 0.369 e. The molecule has 0 saturated heterocycles. The highest BCUT2D eigenvalue weighted by atomic mass is 16.5. The summed E-state index contributed by atoms with van der Waals surface area (Å²) < 4.78 is 6.84. The average Bonchev–Trinajstić information content (AvgIpc) is 2.69. The van der Waals surface area contributed by atoms with Crippen molar-refractivity contribution in [2.24, 2.45) is 0 Å². The minimum absolute atomic E-state index is 0.382. The van der Waals surface area contributed by atoms with Crippen LogP contribution in [0, 0.1) is 0 Å². The number of ether oxygens (including phenoxy) is 1. The van der Waals surface area contributed by atoms with Crippen LogP contribution in [0.25, 0.3) is 0 Å². The highest BCUT2D eigenvalue weighted by molar-refractivity contribution is 5.51. The zero-order valence-electron chi connectivity index (χ0n) is 20.1. The highest BCUT2D eigenvalue weighted by Gasteiger charge is 2.44. The third kappa shape index (κ3) is 6.70. The molecule has 5 nitrogen and oxygen atoms in total. The van der Waals surface area contributed by atoms with Gasteiger partial charge in [-0.15, -0.1) is 0 Å². The average molecular weight is 409 g/mol. The number of nitrogens with zero attached hydrogens (tertiary/aromatic N) is 2. The molecule has 4 unspecified atom stereocenters. The SMILES string of the molecule is C=CN(C=O)C(C)(CC)CC(C)(CC)OC(C)(CC)CC(C)(CC)N(C=C)C=O. The second kappa shape index (κ2) is 11.0. The van der Waals surface area contributed by atoms with Crippen LogP contribution in [0.4, 0.5) is 0 Å². The van der Waals surface area contributed by atoms with E-state index in [1.54, 1.807) is 22.2 Å². The number of hydrogen-bond donors (Lipinski definition) is 0. The fourth-order valence-corrected chi connectivity index (χ4v) is 4.25. The molecule has 168 valence electrons. The first kappa shape index (κ1) is 27.4. The standard InChI is InChI=1S/C24H44N2O3/c1-11-21(7,25(15-5)19-27)17-23(9,13-3)29-24(10,14-4)18-22(8,12-2)26(16-6)20-28/h15-16,19-20H,5-6,11-14,17-18H2,1-4,7-10H3. The lowest BCUT2D eigenvalue weighted by molar-refractivity contribution is -0.175. The molecule has 0 aliphatic rings. The van der Waals surface area contributed by atoms with Gasteiger partial charge in [-0.05, 0) is 78.6 Å². The van der Waals surface area contributed by atoms with Gasteiger partial charge < -0.3 is 14.5 Å². The molecule has 0 aliphatic heterocycles. The lowest BCUT2D eigenvalue weighted by Gasteiger charge is -2.49. The molecule has 0 rings (SSSR count). The Bertz CT molecular complexity index is 502. The highest BCUT2D eigenvalue weighted by Crippen LogP contribution is 2.41. The van der Waals surface area contributed by atoms with Crippen LogP contribution in [0.5, 0.6) is 0 Å². The maximum atomic E-state index is 11.6. The maximum absolute atomic E-state index is 11.6.